The Morgan fingerprint density at radius 1 is 1.50 bits per heavy atom. The first-order valence-corrected chi connectivity index (χ1v) is 6.60. The van der Waals surface area contributed by atoms with Crippen molar-refractivity contribution in [2.24, 2.45) is 0 Å². The van der Waals surface area contributed by atoms with Crippen LogP contribution in [0.1, 0.15) is 40.2 Å². The van der Waals surface area contributed by atoms with Gasteiger partial charge in [-0.15, -0.1) is 0 Å². The second kappa shape index (κ2) is 5.09. The highest BCUT2D eigenvalue weighted by Crippen LogP contribution is 2.27. The van der Waals surface area contributed by atoms with Crippen molar-refractivity contribution in [3.8, 4) is 0 Å². The molecule has 0 bridgehead atoms. The Bertz CT molecular complexity index is 618. The molecule has 1 fully saturated rings. The molecule has 1 aliphatic heterocycles. The van der Waals surface area contributed by atoms with Gasteiger partial charge in [0.15, 0.2) is 5.82 Å². The van der Waals surface area contributed by atoms with E-state index in [0.29, 0.717) is 18.1 Å². The van der Waals surface area contributed by atoms with Crippen LogP contribution in [0.3, 0.4) is 0 Å². The van der Waals surface area contributed by atoms with Crippen LogP contribution < -0.4 is 5.32 Å². The maximum Gasteiger partial charge on any atom is 0.268 e. The van der Waals surface area contributed by atoms with Gasteiger partial charge in [0.05, 0.1) is 6.04 Å². The standard InChI is InChI=1S/C13H17N5O2/c1-7-3-5-14-10(7)13(19)16-9-4-6-20-11(9)12-15-8(2)17-18-12/h3,5,9,11,14H,4,6H2,1-2H3,(H,16,19)(H,15,17,18)/t9-,11+/m0/s1. The Balaban J connectivity index is 1.73. The van der Waals surface area contributed by atoms with Gasteiger partial charge < -0.3 is 15.0 Å². The summed E-state index contributed by atoms with van der Waals surface area (Å²) in [6.07, 6.45) is 2.22. The van der Waals surface area contributed by atoms with Gasteiger partial charge in [0.1, 0.15) is 17.6 Å². The van der Waals surface area contributed by atoms with Crippen molar-refractivity contribution in [3.63, 3.8) is 0 Å². The second-order valence-corrected chi connectivity index (χ2v) is 4.97. The quantitative estimate of drug-likeness (QED) is 0.779. The van der Waals surface area contributed by atoms with Gasteiger partial charge in [-0.05, 0) is 31.9 Å². The van der Waals surface area contributed by atoms with Gasteiger partial charge >= 0.3 is 0 Å². The number of aromatic nitrogens is 4. The van der Waals surface area contributed by atoms with Gasteiger partial charge in [0, 0.05) is 12.8 Å². The van der Waals surface area contributed by atoms with Crippen LogP contribution in [0.4, 0.5) is 0 Å². The molecule has 2 atom stereocenters. The van der Waals surface area contributed by atoms with Crippen molar-refractivity contribution in [3.05, 3.63) is 35.2 Å². The maximum atomic E-state index is 12.2. The van der Waals surface area contributed by atoms with E-state index in [1.165, 1.54) is 0 Å². The molecule has 0 radical (unpaired) electrons. The number of hydrogen-bond donors (Lipinski definition) is 3. The Hall–Kier alpha value is -2.15. The fourth-order valence-electron chi connectivity index (χ4n) is 2.41. The number of amides is 1. The lowest BCUT2D eigenvalue weighted by molar-refractivity contribution is 0.0788. The van der Waals surface area contributed by atoms with Crippen molar-refractivity contribution < 1.29 is 9.53 Å². The van der Waals surface area contributed by atoms with Crippen LogP contribution in [0, 0.1) is 13.8 Å². The largest absolute Gasteiger partial charge is 0.368 e. The molecule has 0 spiro atoms. The average Bonchev–Trinajstić information content (AvgIpc) is 3.10. The van der Waals surface area contributed by atoms with Crippen LogP contribution in [-0.4, -0.2) is 38.7 Å². The summed E-state index contributed by atoms with van der Waals surface area (Å²) in [6.45, 7) is 4.32. The molecule has 2 aromatic heterocycles. The number of nitrogens with one attached hydrogen (secondary N) is 3. The number of rotatable bonds is 3. The van der Waals surface area contributed by atoms with E-state index in [4.69, 9.17) is 4.74 Å². The van der Waals surface area contributed by atoms with Gasteiger partial charge in [0.25, 0.3) is 5.91 Å². The van der Waals surface area contributed by atoms with Crippen LogP contribution in [0.2, 0.25) is 0 Å². The summed E-state index contributed by atoms with van der Waals surface area (Å²) in [7, 11) is 0. The number of ether oxygens (including phenoxy) is 1. The Morgan fingerprint density at radius 3 is 3.00 bits per heavy atom. The highest BCUT2D eigenvalue weighted by Gasteiger charge is 2.34. The molecule has 0 saturated carbocycles. The van der Waals surface area contributed by atoms with E-state index in [2.05, 4.69) is 25.5 Å². The molecule has 3 rings (SSSR count). The Morgan fingerprint density at radius 2 is 2.35 bits per heavy atom. The lowest BCUT2D eigenvalue weighted by Gasteiger charge is -2.17. The molecule has 1 aliphatic rings. The van der Waals surface area contributed by atoms with Crippen LogP contribution in [0.25, 0.3) is 0 Å². The molecule has 1 amide bonds. The summed E-state index contributed by atoms with van der Waals surface area (Å²) in [4.78, 5) is 19.4. The minimum Gasteiger partial charge on any atom is -0.368 e. The fraction of sp³-hybridized carbons (Fsp3) is 0.462. The topological polar surface area (TPSA) is 95.7 Å². The number of hydrogen-bond acceptors (Lipinski definition) is 4. The van der Waals surface area contributed by atoms with Crippen LogP contribution >= 0.6 is 0 Å². The summed E-state index contributed by atoms with van der Waals surface area (Å²) in [5.41, 5.74) is 1.51. The minimum atomic E-state index is -0.292. The molecule has 0 unspecified atom stereocenters. The third-order valence-corrected chi connectivity index (χ3v) is 3.46. The van der Waals surface area contributed by atoms with Crippen molar-refractivity contribution >= 4 is 5.91 Å². The molecule has 7 nitrogen and oxygen atoms in total. The van der Waals surface area contributed by atoms with Crippen molar-refractivity contribution in [1.29, 1.82) is 0 Å². The van der Waals surface area contributed by atoms with Crippen molar-refractivity contribution in [2.75, 3.05) is 6.61 Å². The molecule has 0 aliphatic carbocycles. The van der Waals surface area contributed by atoms with Gasteiger partial charge in [-0.1, -0.05) is 0 Å². The molecule has 2 aromatic rings. The number of aryl methyl sites for hydroxylation is 2. The van der Waals surface area contributed by atoms with E-state index in [1.807, 2.05) is 19.9 Å². The molecule has 0 aromatic carbocycles. The number of nitrogens with zero attached hydrogens (tertiary/aromatic N) is 2. The summed E-state index contributed by atoms with van der Waals surface area (Å²) >= 11 is 0. The number of carbonyl (C=O) groups is 1. The van der Waals surface area contributed by atoms with E-state index in [-0.39, 0.29) is 18.1 Å². The van der Waals surface area contributed by atoms with Crippen LogP contribution in [0.15, 0.2) is 12.3 Å². The van der Waals surface area contributed by atoms with E-state index in [0.717, 1.165) is 17.8 Å². The lowest BCUT2D eigenvalue weighted by Crippen LogP contribution is -2.37. The first-order chi connectivity index (χ1) is 9.65. The van der Waals surface area contributed by atoms with Crippen LogP contribution in [-0.2, 0) is 4.74 Å². The maximum absolute atomic E-state index is 12.2. The summed E-state index contributed by atoms with van der Waals surface area (Å²) in [6, 6.07) is 1.76. The predicted molar refractivity (Wildman–Crippen MR) is 71.2 cm³/mol. The predicted octanol–water partition coefficient (Wildman–Crippen LogP) is 1.01. The van der Waals surface area contributed by atoms with E-state index >= 15 is 0 Å². The molecule has 7 heteroatoms. The molecule has 3 heterocycles. The van der Waals surface area contributed by atoms with Gasteiger partial charge in [-0.3, -0.25) is 9.89 Å². The normalized spacial score (nSPS) is 22.1. The summed E-state index contributed by atoms with van der Waals surface area (Å²) in [5.74, 6) is 1.20. The first kappa shape index (κ1) is 12.9. The third-order valence-electron chi connectivity index (χ3n) is 3.46. The first-order valence-electron chi connectivity index (χ1n) is 6.60. The zero-order chi connectivity index (χ0) is 14.1. The lowest BCUT2D eigenvalue weighted by atomic mass is 10.1. The minimum absolute atomic E-state index is 0.111. The molecular formula is C13H17N5O2. The smallest absolute Gasteiger partial charge is 0.268 e. The van der Waals surface area contributed by atoms with E-state index in [1.54, 1.807) is 6.20 Å². The van der Waals surface area contributed by atoms with Crippen molar-refractivity contribution in [1.82, 2.24) is 25.5 Å². The molecule has 20 heavy (non-hydrogen) atoms. The summed E-state index contributed by atoms with van der Waals surface area (Å²) in [5, 5.41) is 9.90. The average molecular weight is 275 g/mol. The number of H-pyrrole nitrogens is 2. The zero-order valence-corrected chi connectivity index (χ0v) is 11.4. The van der Waals surface area contributed by atoms with E-state index in [9.17, 15) is 4.79 Å². The summed E-state index contributed by atoms with van der Waals surface area (Å²) < 4.78 is 5.64. The van der Waals surface area contributed by atoms with Gasteiger partial charge in [0.2, 0.25) is 0 Å². The van der Waals surface area contributed by atoms with Gasteiger partial charge in [-0.25, -0.2) is 4.98 Å². The highest BCUT2D eigenvalue weighted by atomic mass is 16.5. The van der Waals surface area contributed by atoms with E-state index < -0.39 is 0 Å². The second-order valence-electron chi connectivity index (χ2n) is 4.97. The molecular weight excluding hydrogens is 258 g/mol. The zero-order valence-electron chi connectivity index (χ0n) is 11.4. The Labute approximate surface area is 116 Å². The third kappa shape index (κ3) is 2.32. The monoisotopic (exact) mass is 275 g/mol. The van der Waals surface area contributed by atoms with Crippen molar-refractivity contribution in [2.45, 2.75) is 32.4 Å². The fourth-order valence-corrected chi connectivity index (χ4v) is 2.41. The SMILES string of the molecule is Cc1nc([C@@H]2OCC[C@@H]2NC(=O)c2[nH]ccc2C)n[nH]1. The molecule has 106 valence electrons. The molecule has 3 N–H and O–H groups in total. The number of carbonyl (C=O) groups excluding carboxylic acids is 1. The molecule has 1 saturated heterocycles. The highest BCUT2D eigenvalue weighted by molar-refractivity contribution is 5.94. The number of aromatic amines is 2. The van der Waals surface area contributed by atoms with Gasteiger partial charge in [-0.2, -0.15) is 5.10 Å². The van der Waals surface area contributed by atoms with Crippen LogP contribution in [0.5, 0.6) is 0 Å². The Kier molecular flexibility index (Phi) is 3.27.